The molecule has 1 unspecified atom stereocenters. The van der Waals surface area contributed by atoms with E-state index in [4.69, 9.17) is 14.3 Å². The molecule has 9 heteroatoms. The maximum absolute atomic E-state index is 12.3. The normalized spacial score (nSPS) is 17.6. The Kier molecular flexibility index (Phi) is 30.9. The Morgan fingerprint density at radius 2 is 1.62 bits per heavy atom. The summed E-state index contributed by atoms with van der Waals surface area (Å²) in [6, 6.07) is -0.172. The monoisotopic (exact) mass is 563 g/mol. The number of likely N-dealkylation sites (tertiary alicyclic amines) is 1. The topological polar surface area (TPSA) is 122 Å². The van der Waals surface area contributed by atoms with Crippen LogP contribution >= 0.6 is 0 Å². The van der Waals surface area contributed by atoms with Crippen LogP contribution in [0.4, 0.5) is 4.79 Å². The van der Waals surface area contributed by atoms with Gasteiger partial charge in [0.1, 0.15) is 31.3 Å². The number of ether oxygens (including phenoxy) is 1. The number of hydrogen-bond donors (Lipinski definition) is 2. The molecule has 1 saturated carbocycles. The minimum Gasteiger partial charge on any atom is -0.444 e. The van der Waals surface area contributed by atoms with Gasteiger partial charge in [0.05, 0.1) is 0 Å². The molecule has 0 aromatic heterocycles. The second-order valence-corrected chi connectivity index (χ2v) is 9.45. The van der Waals surface area contributed by atoms with Gasteiger partial charge in [-0.25, -0.2) is 4.79 Å². The van der Waals surface area contributed by atoms with Crippen LogP contribution < -0.4 is 10.6 Å². The van der Waals surface area contributed by atoms with E-state index >= 15 is 0 Å². The summed E-state index contributed by atoms with van der Waals surface area (Å²) in [7, 11) is 0. The van der Waals surface area contributed by atoms with Crippen LogP contribution in [-0.4, -0.2) is 66.7 Å². The van der Waals surface area contributed by atoms with Gasteiger partial charge >= 0.3 is 6.09 Å². The molecule has 2 aliphatic rings. The van der Waals surface area contributed by atoms with Crippen molar-refractivity contribution < 1.29 is 28.7 Å². The van der Waals surface area contributed by atoms with E-state index in [2.05, 4.69) is 56.8 Å². The Morgan fingerprint density at radius 3 is 2.05 bits per heavy atom. The average molecular weight is 564 g/mol. The molecule has 1 aliphatic carbocycles. The van der Waals surface area contributed by atoms with E-state index in [9.17, 15) is 14.4 Å². The summed E-state index contributed by atoms with van der Waals surface area (Å²) >= 11 is 0. The van der Waals surface area contributed by atoms with Gasteiger partial charge in [-0.1, -0.05) is 39.7 Å². The quantitative estimate of drug-likeness (QED) is 0.172. The molecule has 0 bridgehead atoms. The average Bonchev–Trinajstić information content (AvgIpc) is 3.42. The third kappa shape index (κ3) is 22.4. The summed E-state index contributed by atoms with van der Waals surface area (Å²) in [4.78, 5) is 54.8. The van der Waals surface area contributed by atoms with Gasteiger partial charge < -0.3 is 29.9 Å². The molecule has 2 rings (SSSR count). The molecular weight excluding hydrogens is 510 g/mol. The van der Waals surface area contributed by atoms with Crippen molar-refractivity contribution >= 4 is 31.0 Å². The van der Waals surface area contributed by atoms with Gasteiger partial charge in [0, 0.05) is 12.6 Å². The Bertz CT molecular complexity index is 742. The number of allylic oxidation sites excluding steroid dienone is 1. The third-order valence-electron chi connectivity index (χ3n) is 5.93. The Balaban J connectivity index is -0.000000338. The van der Waals surface area contributed by atoms with Gasteiger partial charge in [-0.2, -0.15) is 0 Å². The molecule has 3 amide bonds. The lowest BCUT2D eigenvalue weighted by molar-refractivity contribution is -0.137. The van der Waals surface area contributed by atoms with Crippen molar-refractivity contribution in [1.82, 2.24) is 15.5 Å². The molecule has 40 heavy (non-hydrogen) atoms. The number of rotatable bonds is 10. The minimum absolute atomic E-state index is 0.0788. The van der Waals surface area contributed by atoms with Crippen molar-refractivity contribution in [1.29, 1.82) is 0 Å². The molecule has 3 atom stereocenters. The van der Waals surface area contributed by atoms with Gasteiger partial charge in [-0.3, -0.25) is 9.59 Å². The van der Waals surface area contributed by atoms with E-state index < -0.39 is 17.7 Å². The zero-order valence-electron chi connectivity index (χ0n) is 25.6. The fourth-order valence-corrected chi connectivity index (χ4v) is 3.29. The molecule has 9 nitrogen and oxygen atoms in total. The summed E-state index contributed by atoms with van der Waals surface area (Å²) in [6.07, 6.45) is 26.5. The summed E-state index contributed by atoms with van der Waals surface area (Å²) in [5.74, 6) is 0.200. The molecule has 1 saturated heterocycles. The highest BCUT2D eigenvalue weighted by Gasteiger charge is 2.39. The number of amides is 3. The van der Waals surface area contributed by atoms with Gasteiger partial charge in [-0.05, 0) is 65.2 Å². The van der Waals surface area contributed by atoms with Crippen molar-refractivity contribution in [2.45, 2.75) is 111 Å². The highest BCUT2D eigenvalue weighted by Crippen LogP contribution is 2.29. The summed E-state index contributed by atoms with van der Waals surface area (Å²) in [5, 5.41) is 5.47. The standard InChI is InChI=1S/C17H29N3O4.C7H14.C2H4O.2C2H2.CH2O/c1-5-17(3,4)24-16(23)18-10-14(21)20-8-6-7-13(20)15(22)19-12-9-11(12)2;1-3-5-7-6-4-2;1-2-3;3*1-2/h11-13H,5-10H2,1-4H3,(H,18,23)(H,19,22);3H,1,4-7H2,2H3;2H,1H3;2*1-2H;1H2/t11?,12-,13+;;;;;/m1...../s1. The van der Waals surface area contributed by atoms with Crippen molar-refractivity contribution in [2.24, 2.45) is 5.92 Å². The fourth-order valence-electron chi connectivity index (χ4n) is 3.29. The van der Waals surface area contributed by atoms with Gasteiger partial charge in [0.2, 0.25) is 11.8 Å². The molecule has 1 aliphatic heterocycles. The summed E-state index contributed by atoms with van der Waals surface area (Å²) < 4.78 is 5.25. The number of aldehydes is 1. The van der Waals surface area contributed by atoms with Gasteiger partial charge in [0.15, 0.2) is 0 Å². The molecule has 0 spiro atoms. The molecule has 0 aromatic carbocycles. The minimum atomic E-state index is -0.609. The highest BCUT2D eigenvalue weighted by atomic mass is 16.6. The largest absolute Gasteiger partial charge is 0.444 e. The lowest BCUT2D eigenvalue weighted by Gasteiger charge is -2.25. The fraction of sp³-hybridized carbons (Fsp3) is 0.645. The first-order valence-corrected chi connectivity index (χ1v) is 13.6. The highest BCUT2D eigenvalue weighted by molar-refractivity contribution is 5.90. The number of alkyl carbamates (subject to hydrolysis) is 1. The maximum atomic E-state index is 12.3. The molecule has 0 aromatic rings. The smallest absolute Gasteiger partial charge is 0.408 e. The number of unbranched alkanes of at least 4 members (excludes halogenated alkanes) is 3. The van der Waals surface area contributed by atoms with E-state index in [-0.39, 0.29) is 24.4 Å². The predicted octanol–water partition coefficient (Wildman–Crippen LogP) is 4.69. The predicted molar refractivity (Wildman–Crippen MR) is 162 cm³/mol. The van der Waals surface area contributed by atoms with E-state index in [1.165, 1.54) is 32.6 Å². The van der Waals surface area contributed by atoms with Crippen LogP contribution in [0.5, 0.6) is 0 Å². The Hall–Kier alpha value is -3.59. The van der Waals surface area contributed by atoms with Crippen molar-refractivity contribution in [3.63, 3.8) is 0 Å². The number of terminal acetylenes is 2. The van der Waals surface area contributed by atoms with E-state index in [1.54, 1.807) is 4.90 Å². The molecule has 228 valence electrons. The van der Waals surface area contributed by atoms with Crippen LogP contribution in [0, 0.1) is 31.6 Å². The number of nitrogens with one attached hydrogen (secondary N) is 2. The van der Waals surface area contributed by atoms with E-state index in [0.29, 0.717) is 25.3 Å². The van der Waals surface area contributed by atoms with Crippen LogP contribution in [-0.2, 0) is 23.9 Å². The van der Waals surface area contributed by atoms with Crippen LogP contribution in [0.3, 0.4) is 0 Å². The van der Waals surface area contributed by atoms with Crippen LogP contribution in [0.1, 0.15) is 92.9 Å². The lowest BCUT2D eigenvalue weighted by atomic mass is 10.1. The number of nitrogens with zero attached hydrogens (tertiary/aromatic N) is 1. The van der Waals surface area contributed by atoms with Crippen LogP contribution in [0.2, 0.25) is 0 Å². The second-order valence-electron chi connectivity index (χ2n) is 9.45. The zero-order valence-corrected chi connectivity index (χ0v) is 25.6. The van der Waals surface area contributed by atoms with E-state index in [0.717, 1.165) is 19.1 Å². The van der Waals surface area contributed by atoms with Crippen LogP contribution in [0.15, 0.2) is 12.7 Å². The van der Waals surface area contributed by atoms with Crippen molar-refractivity contribution in [3.05, 3.63) is 12.7 Å². The van der Waals surface area contributed by atoms with Gasteiger partial charge in [-0.15, -0.1) is 32.3 Å². The first-order chi connectivity index (χ1) is 19.1. The molecule has 1 heterocycles. The summed E-state index contributed by atoms with van der Waals surface area (Å²) in [6.45, 7) is 17.3. The molecular formula is C31H53N3O6. The molecule has 2 fully saturated rings. The van der Waals surface area contributed by atoms with E-state index in [1.807, 2.05) is 33.6 Å². The van der Waals surface area contributed by atoms with Gasteiger partial charge in [0.25, 0.3) is 0 Å². The Labute approximate surface area is 243 Å². The second kappa shape index (κ2) is 28.4. The zero-order chi connectivity index (χ0) is 32.1. The molecule has 2 N–H and O–H groups in total. The van der Waals surface area contributed by atoms with Crippen molar-refractivity contribution in [3.8, 4) is 25.7 Å². The molecule has 0 radical (unpaired) electrons. The number of carbonyl (C=O) groups excluding carboxylic acids is 5. The SMILES string of the molecule is C#C.C#C.C=CCCCCC.C=O.CC=O.CCC(C)(C)OC(=O)NCC(=O)N1CCC[C@H]1C(=O)N[C@@H]1CC1C. The number of hydrogen-bond acceptors (Lipinski definition) is 6. The lowest BCUT2D eigenvalue weighted by Crippen LogP contribution is -2.49. The Morgan fingerprint density at radius 1 is 1.10 bits per heavy atom. The maximum Gasteiger partial charge on any atom is 0.408 e. The third-order valence-corrected chi connectivity index (χ3v) is 5.93. The summed E-state index contributed by atoms with van der Waals surface area (Å²) in [5.41, 5.74) is -0.565. The van der Waals surface area contributed by atoms with Crippen molar-refractivity contribution in [2.75, 3.05) is 13.1 Å². The number of carbonyl (C=O) groups is 5. The first kappa shape index (κ1) is 43.5. The van der Waals surface area contributed by atoms with Crippen LogP contribution in [0.25, 0.3) is 0 Å². The first-order valence-electron chi connectivity index (χ1n) is 13.6.